The molecule has 0 bridgehead atoms. The summed E-state index contributed by atoms with van der Waals surface area (Å²) in [6, 6.07) is 4.05. The van der Waals surface area contributed by atoms with Crippen LogP contribution in [-0.2, 0) is 26.5 Å². The van der Waals surface area contributed by atoms with Crippen LogP contribution >= 0.6 is 0 Å². The average molecular weight is 375 g/mol. The molecule has 11 heteroatoms. The van der Waals surface area contributed by atoms with E-state index in [9.17, 15) is 18.0 Å². The van der Waals surface area contributed by atoms with Gasteiger partial charge in [-0.2, -0.15) is 8.42 Å². The molecule has 1 rings (SSSR count). The van der Waals surface area contributed by atoms with Gasteiger partial charge in [0.05, 0.1) is 5.69 Å². The lowest BCUT2D eigenvalue weighted by Gasteiger charge is -2.12. The van der Waals surface area contributed by atoms with Crippen molar-refractivity contribution in [2.24, 2.45) is 0 Å². The number of hydrogen-bond acceptors (Lipinski definition) is 7. The molecular formula is C14H21N3O7S. The van der Waals surface area contributed by atoms with Gasteiger partial charge in [0.2, 0.25) is 5.91 Å². The first-order valence-electron chi connectivity index (χ1n) is 7.34. The molecule has 0 radical (unpaired) electrons. The smallest absolute Gasteiger partial charge is 0.445 e. The zero-order valence-corrected chi connectivity index (χ0v) is 14.7. The highest BCUT2D eigenvalue weighted by atomic mass is 32.3. The first-order chi connectivity index (χ1) is 11.7. The fourth-order valence-corrected chi connectivity index (χ4v) is 2.18. The lowest BCUT2D eigenvalue weighted by atomic mass is 10.2. The van der Waals surface area contributed by atoms with Gasteiger partial charge in [0.15, 0.2) is 5.75 Å². The monoisotopic (exact) mass is 375 g/mol. The summed E-state index contributed by atoms with van der Waals surface area (Å²) >= 11 is 0. The van der Waals surface area contributed by atoms with Crippen LogP contribution in [0.1, 0.15) is 18.4 Å². The normalized spacial score (nSPS) is 10.8. The van der Waals surface area contributed by atoms with Gasteiger partial charge < -0.3 is 24.9 Å². The van der Waals surface area contributed by atoms with Gasteiger partial charge in [0.1, 0.15) is 6.61 Å². The summed E-state index contributed by atoms with van der Waals surface area (Å²) in [6.07, 6.45) is 0.137. The molecule has 0 unspecified atom stereocenters. The number of anilines is 1. The van der Waals surface area contributed by atoms with Crippen molar-refractivity contribution in [3.63, 3.8) is 0 Å². The Morgan fingerprint density at radius 3 is 2.56 bits per heavy atom. The molecule has 0 fully saturated rings. The Balaban J connectivity index is 2.93. The molecule has 0 heterocycles. The Labute approximate surface area is 145 Å². The fourth-order valence-electron chi connectivity index (χ4n) is 1.81. The number of hydrogen-bond donors (Lipinski definition) is 4. The van der Waals surface area contributed by atoms with E-state index < -0.39 is 16.5 Å². The number of ether oxygens (including phenoxy) is 1. The molecule has 0 atom stereocenters. The molecule has 1 aromatic carbocycles. The van der Waals surface area contributed by atoms with E-state index in [1.165, 1.54) is 25.2 Å². The molecule has 4 N–H and O–H groups in total. The predicted molar refractivity (Wildman–Crippen MR) is 89.7 cm³/mol. The van der Waals surface area contributed by atoms with Gasteiger partial charge in [0, 0.05) is 13.5 Å². The Kier molecular flexibility index (Phi) is 8.11. The van der Waals surface area contributed by atoms with Crippen LogP contribution in [-0.4, -0.2) is 45.6 Å². The summed E-state index contributed by atoms with van der Waals surface area (Å²) in [4.78, 5) is 23.0. The molecule has 25 heavy (non-hydrogen) atoms. The van der Waals surface area contributed by atoms with Crippen LogP contribution in [0.3, 0.4) is 0 Å². The van der Waals surface area contributed by atoms with Crippen LogP contribution in [0.25, 0.3) is 0 Å². The molecule has 10 nitrogen and oxygen atoms in total. The Bertz CT molecular complexity index is 706. The largest absolute Gasteiger partial charge is 0.446 e. The van der Waals surface area contributed by atoms with E-state index in [1.807, 2.05) is 0 Å². The highest BCUT2D eigenvalue weighted by Gasteiger charge is 2.15. The van der Waals surface area contributed by atoms with Gasteiger partial charge in [-0.25, -0.2) is 4.79 Å². The molecule has 0 aliphatic carbocycles. The maximum Gasteiger partial charge on any atom is 0.446 e. The fraction of sp³-hybridized carbons (Fsp3) is 0.429. The predicted octanol–water partition coefficient (Wildman–Crippen LogP) is 0.662. The summed E-state index contributed by atoms with van der Waals surface area (Å²) in [5, 5.41) is 7.69. The molecule has 0 aliphatic heterocycles. The maximum absolute atomic E-state index is 11.9. The number of amides is 2. The number of carbonyl (C=O) groups is 2. The van der Waals surface area contributed by atoms with Crippen LogP contribution in [0, 0.1) is 0 Å². The Morgan fingerprint density at radius 2 is 1.96 bits per heavy atom. The van der Waals surface area contributed by atoms with E-state index in [0.29, 0.717) is 18.5 Å². The molecular weight excluding hydrogens is 354 g/mol. The highest BCUT2D eigenvalue weighted by molar-refractivity contribution is 7.81. The minimum Gasteiger partial charge on any atom is -0.445 e. The van der Waals surface area contributed by atoms with E-state index in [-0.39, 0.29) is 30.4 Å². The van der Waals surface area contributed by atoms with Gasteiger partial charge in [-0.05, 0) is 37.7 Å². The van der Waals surface area contributed by atoms with Gasteiger partial charge in [-0.15, -0.1) is 0 Å². The zero-order valence-electron chi connectivity index (χ0n) is 13.9. The van der Waals surface area contributed by atoms with Crippen molar-refractivity contribution in [2.45, 2.75) is 19.4 Å². The van der Waals surface area contributed by atoms with Gasteiger partial charge >= 0.3 is 16.5 Å². The highest BCUT2D eigenvalue weighted by Crippen LogP contribution is 2.27. The number of benzene rings is 1. The van der Waals surface area contributed by atoms with Crippen molar-refractivity contribution in [3.8, 4) is 5.75 Å². The van der Waals surface area contributed by atoms with Crippen LogP contribution in [0.15, 0.2) is 18.2 Å². The molecule has 140 valence electrons. The SMILES string of the molecule is CNCCCC(=O)Nc1cc(COC(=O)NC)ccc1OS(=O)(=O)O. The number of carbonyl (C=O) groups excluding carboxylic acids is 2. The summed E-state index contributed by atoms with van der Waals surface area (Å²) in [5.41, 5.74) is 0.516. The average Bonchev–Trinajstić information content (AvgIpc) is 2.53. The second-order valence-electron chi connectivity index (χ2n) is 4.92. The van der Waals surface area contributed by atoms with Crippen molar-refractivity contribution < 1.29 is 31.5 Å². The van der Waals surface area contributed by atoms with Crippen molar-refractivity contribution in [1.82, 2.24) is 10.6 Å². The Hall–Kier alpha value is -2.37. The quantitative estimate of drug-likeness (QED) is 0.364. The molecule has 0 aliphatic rings. The summed E-state index contributed by atoms with van der Waals surface area (Å²) in [7, 11) is -1.59. The van der Waals surface area contributed by atoms with Gasteiger partial charge in [0.25, 0.3) is 0 Å². The van der Waals surface area contributed by atoms with Gasteiger partial charge in [-0.3, -0.25) is 9.35 Å². The third-order valence-corrected chi connectivity index (χ3v) is 3.31. The van der Waals surface area contributed by atoms with E-state index in [1.54, 1.807) is 7.05 Å². The molecule has 1 aromatic rings. The topological polar surface area (TPSA) is 143 Å². The minimum absolute atomic E-state index is 0.0325. The van der Waals surface area contributed by atoms with Crippen LogP contribution < -0.4 is 20.1 Å². The van der Waals surface area contributed by atoms with E-state index >= 15 is 0 Å². The van der Waals surface area contributed by atoms with Crippen molar-refractivity contribution in [2.75, 3.05) is 26.0 Å². The number of alkyl carbamates (subject to hydrolysis) is 1. The number of nitrogens with one attached hydrogen (secondary N) is 3. The maximum atomic E-state index is 11.9. The first kappa shape index (κ1) is 20.7. The standard InChI is InChI=1S/C14H21N3O7S/c1-15-7-3-4-13(18)17-11-8-10(9-23-14(19)16-2)5-6-12(11)24-25(20,21)22/h5-6,8,15H,3-4,7,9H2,1-2H3,(H,16,19)(H,17,18)(H,20,21,22). The lowest BCUT2D eigenvalue weighted by Crippen LogP contribution is -2.19. The van der Waals surface area contributed by atoms with Crippen LogP contribution in [0.4, 0.5) is 10.5 Å². The van der Waals surface area contributed by atoms with Crippen LogP contribution in [0.5, 0.6) is 5.75 Å². The Morgan fingerprint density at radius 1 is 1.24 bits per heavy atom. The third kappa shape index (κ3) is 8.33. The van der Waals surface area contributed by atoms with E-state index in [2.05, 4.69) is 20.1 Å². The van der Waals surface area contributed by atoms with Crippen molar-refractivity contribution in [3.05, 3.63) is 23.8 Å². The second kappa shape index (κ2) is 9.81. The second-order valence-corrected chi connectivity index (χ2v) is 5.95. The van der Waals surface area contributed by atoms with E-state index in [4.69, 9.17) is 9.29 Å². The van der Waals surface area contributed by atoms with Crippen molar-refractivity contribution >= 4 is 28.1 Å². The first-order valence-corrected chi connectivity index (χ1v) is 8.70. The minimum atomic E-state index is -4.76. The molecule has 0 aromatic heterocycles. The molecule has 0 spiro atoms. The number of rotatable bonds is 9. The summed E-state index contributed by atoms with van der Waals surface area (Å²) in [6.45, 7) is 0.538. The molecule has 0 saturated heterocycles. The van der Waals surface area contributed by atoms with Crippen LogP contribution in [0.2, 0.25) is 0 Å². The lowest BCUT2D eigenvalue weighted by molar-refractivity contribution is -0.116. The molecule has 2 amide bonds. The van der Waals surface area contributed by atoms with E-state index in [0.717, 1.165) is 0 Å². The summed E-state index contributed by atoms with van der Waals surface area (Å²) in [5.74, 6) is -0.618. The zero-order chi connectivity index (χ0) is 18.9. The molecule has 0 saturated carbocycles. The van der Waals surface area contributed by atoms with Gasteiger partial charge in [-0.1, -0.05) is 6.07 Å². The van der Waals surface area contributed by atoms with Crippen molar-refractivity contribution in [1.29, 1.82) is 0 Å². The third-order valence-electron chi connectivity index (χ3n) is 2.92. The summed E-state index contributed by atoms with van der Waals surface area (Å²) < 4.78 is 40.0.